The van der Waals surface area contributed by atoms with E-state index >= 15 is 0 Å². The number of rotatable bonds is 9. The van der Waals surface area contributed by atoms with E-state index in [4.69, 9.17) is 0 Å². The lowest BCUT2D eigenvalue weighted by atomic mass is 10.1. The van der Waals surface area contributed by atoms with Crippen molar-refractivity contribution in [2.24, 2.45) is 0 Å². The molecular weight excluding hydrogens is 388 g/mol. The average Bonchev–Trinajstić information content (AvgIpc) is 3.29. The van der Waals surface area contributed by atoms with Gasteiger partial charge in [0.2, 0.25) is 15.2 Å². The van der Waals surface area contributed by atoms with Crippen molar-refractivity contribution in [3.8, 4) is 0 Å². The van der Waals surface area contributed by atoms with Crippen LogP contribution in [0.15, 0.2) is 46.0 Å². The zero-order chi connectivity index (χ0) is 18.4. The Kier molecular flexibility index (Phi) is 6.36. The van der Waals surface area contributed by atoms with Gasteiger partial charge in [-0.05, 0) is 30.4 Å². The maximum absolute atomic E-state index is 12.0. The number of sulfonamides is 1. The second kappa shape index (κ2) is 8.72. The van der Waals surface area contributed by atoms with Crippen LogP contribution in [-0.2, 0) is 16.4 Å². The smallest absolute Gasteiger partial charge is 0.250 e. The number of anilines is 1. The highest BCUT2D eigenvalue weighted by Gasteiger charge is 2.13. The normalized spacial score (nSPS) is 11.6. The molecule has 138 valence electrons. The van der Waals surface area contributed by atoms with Crippen LogP contribution in [0.1, 0.15) is 23.4 Å². The molecule has 3 rings (SSSR count). The number of aryl methyl sites for hydroxylation is 1. The molecule has 0 aliphatic rings. The Morgan fingerprint density at radius 3 is 2.65 bits per heavy atom. The van der Waals surface area contributed by atoms with E-state index in [0.717, 1.165) is 11.0 Å². The van der Waals surface area contributed by atoms with Crippen LogP contribution in [-0.4, -0.2) is 30.9 Å². The van der Waals surface area contributed by atoms with Crippen molar-refractivity contribution in [1.82, 2.24) is 14.1 Å². The monoisotopic (exact) mass is 408 g/mol. The Hall–Kier alpha value is -1.81. The summed E-state index contributed by atoms with van der Waals surface area (Å²) in [5.74, 6) is 0.791. The number of aromatic nitrogens is 2. The molecule has 2 heterocycles. The minimum absolute atomic E-state index is 0.343. The topological polar surface area (TPSA) is 84.0 Å². The minimum Gasteiger partial charge on any atom is -0.360 e. The first-order valence-corrected chi connectivity index (χ1v) is 11.3. The first-order valence-electron chi connectivity index (χ1n) is 8.18. The second-order valence-electron chi connectivity index (χ2n) is 5.79. The Balaban J connectivity index is 1.40. The number of hydrogen-bond donors (Lipinski definition) is 2. The quantitative estimate of drug-likeness (QED) is 0.531. The largest absolute Gasteiger partial charge is 0.360 e. The molecule has 1 aromatic carbocycles. The van der Waals surface area contributed by atoms with Crippen LogP contribution in [0.3, 0.4) is 0 Å². The fraction of sp³-hybridized carbons (Fsp3) is 0.294. The SMILES string of the molecule is Cc1ccc(Cc2nsc(NCCCNS(=O)(=O)c3cccs3)n2)cc1. The molecule has 9 heteroatoms. The van der Waals surface area contributed by atoms with Crippen LogP contribution in [0.2, 0.25) is 0 Å². The molecule has 2 aromatic heterocycles. The van der Waals surface area contributed by atoms with Crippen molar-refractivity contribution < 1.29 is 8.42 Å². The predicted molar refractivity (Wildman–Crippen MR) is 107 cm³/mol. The van der Waals surface area contributed by atoms with Crippen LogP contribution >= 0.6 is 22.9 Å². The third-order valence-electron chi connectivity index (χ3n) is 3.63. The van der Waals surface area contributed by atoms with E-state index in [0.29, 0.717) is 30.1 Å². The van der Waals surface area contributed by atoms with Crippen molar-refractivity contribution >= 4 is 38.0 Å². The fourth-order valence-corrected chi connectivity index (χ4v) is 4.99. The summed E-state index contributed by atoms with van der Waals surface area (Å²) in [7, 11) is -3.38. The molecule has 0 bridgehead atoms. The molecule has 0 fully saturated rings. The summed E-state index contributed by atoms with van der Waals surface area (Å²) in [6.45, 7) is 3.07. The highest BCUT2D eigenvalue weighted by atomic mass is 32.2. The lowest BCUT2D eigenvalue weighted by molar-refractivity contribution is 0.582. The van der Waals surface area contributed by atoms with Gasteiger partial charge in [0.15, 0.2) is 0 Å². The summed E-state index contributed by atoms with van der Waals surface area (Å²) in [5, 5.41) is 5.70. The summed E-state index contributed by atoms with van der Waals surface area (Å²) >= 11 is 2.54. The van der Waals surface area contributed by atoms with E-state index in [1.165, 1.54) is 34.0 Å². The van der Waals surface area contributed by atoms with Crippen LogP contribution in [0.5, 0.6) is 0 Å². The van der Waals surface area contributed by atoms with Crippen LogP contribution in [0.25, 0.3) is 0 Å². The van der Waals surface area contributed by atoms with Crippen molar-refractivity contribution in [2.45, 2.75) is 24.0 Å². The first-order chi connectivity index (χ1) is 12.5. The van der Waals surface area contributed by atoms with Gasteiger partial charge in [-0.15, -0.1) is 11.3 Å². The molecule has 0 saturated carbocycles. The summed E-state index contributed by atoms with van der Waals surface area (Å²) < 4.78 is 31.3. The number of nitrogens with zero attached hydrogens (tertiary/aromatic N) is 2. The number of hydrogen-bond acceptors (Lipinski definition) is 7. The zero-order valence-electron chi connectivity index (χ0n) is 14.3. The molecule has 2 N–H and O–H groups in total. The minimum atomic E-state index is -3.38. The molecule has 0 unspecified atom stereocenters. The molecule has 0 atom stereocenters. The van der Waals surface area contributed by atoms with E-state index < -0.39 is 10.0 Å². The van der Waals surface area contributed by atoms with Gasteiger partial charge in [-0.3, -0.25) is 0 Å². The van der Waals surface area contributed by atoms with Gasteiger partial charge in [0.25, 0.3) is 0 Å². The maximum Gasteiger partial charge on any atom is 0.250 e. The van der Waals surface area contributed by atoms with Gasteiger partial charge < -0.3 is 5.32 Å². The second-order valence-corrected chi connectivity index (χ2v) is 9.48. The summed E-state index contributed by atoms with van der Waals surface area (Å²) in [5.41, 5.74) is 2.42. The molecule has 0 aliphatic carbocycles. The van der Waals surface area contributed by atoms with Gasteiger partial charge in [0.05, 0.1) is 0 Å². The van der Waals surface area contributed by atoms with Crippen LogP contribution < -0.4 is 10.0 Å². The van der Waals surface area contributed by atoms with Gasteiger partial charge in [0, 0.05) is 31.0 Å². The van der Waals surface area contributed by atoms with Gasteiger partial charge in [-0.2, -0.15) is 4.37 Å². The number of nitrogens with one attached hydrogen (secondary N) is 2. The number of benzene rings is 1. The fourth-order valence-electron chi connectivity index (χ4n) is 2.26. The highest BCUT2D eigenvalue weighted by molar-refractivity contribution is 7.91. The van der Waals surface area contributed by atoms with Crippen molar-refractivity contribution in [2.75, 3.05) is 18.4 Å². The third kappa shape index (κ3) is 5.34. The van der Waals surface area contributed by atoms with Gasteiger partial charge >= 0.3 is 0 Å². The molecule has 26 heavy (non-hydrogen) atoms. The van der Waals surface area contributed by atoms with Crippen molar-refractivity contribution in [3.63, 3.8) is 0 Å². The van der Waals surface area contributed by atoms with Crippen molar-refractivity contribution in [1.29, 1.82) is 0 Å². The molecule has 0 radical (unpaired) electrons. The predicted octanol–water partition coefficient (Wildman–Crippen LogP) is 3.28. The maximum atomic E-state index is 12.0. The molecule has 0 spiro atoms. The van der Waals surface area contributed by atoms with Crippen LogP contribution in [0.4, 0.5) is 5.13 Å². The van der Waals surface area contributed by atoms with Gasteiger partial charge in [0.1, 0.15) is 10.0 Å². The molecule has 6 nitrogen and oxygen atoms in total. The summed E-state index contributed by atoms with van der Waals surface area (Å²) in [4.78, 5) is 4.47. The van der Waals surface area contributed by atoms with Gasteiger partial charge in [-0.1, -0.05) is 35.9 Å². The number of thiophene rings is 1. The Morgan fingerprint density at radius 2 is 1.92 bits per heavy atom. The standard InChI is InChI=1S/C17H20N4O2S3/c1-13-5-7-14(8-6-13)12-15-20-17(25-21-15)18-9-3-10-19-26(22,23)16-4-2-11-24-16/h2,4-8,11,19H,3,9-10,12H2,1H3,(H,18,20,21). The Morgan fingerprint density at radius 1 is 1.12 bits per heavy atom. The molecule has 0 aliphatic heterocycles. The molecular formula is C17H20N4O2S3. The Labute approximate surface area is 161 Å². The Bertz CT molecular complexity index is 919. The molecule has 3 aromatic rings. The lowest BCUT2D eigenvalue weighted by Gasteiger charge is -2.05. The molecule has 0 amide bonds. The molecule has 0 saturated heterocycles. The summed E-state index contributed by atoms with van der Waals surface area (Å²) in [6, 6.07) is 11.7. The zero-order valence-corrected chi connectivity index (χ0v) is 16.8. The highest BCUT2D eigenvalue weighted by Crippen LogP contribution is 2.16. The van der Waals surface area contributed by atoms with E-state index in [1.807, 2.05) is 0 Å². The lowest BCUT2D eigenvalue weighted by Crippen LogP contribution is -2.25. The first kappa shape index (κ1) is 19.0. The van der Waals surface area contributed by atoms with E-state index in [9.17, 15) is 8.42 Å². The van der Waals surface area contributed by atoms with Gasteiger partial charge in [-0.25, -0.2) is 18.1 Å². The van der Waals surface area contributed by atoms with E-state index in [1.54, 1.807) is 17.5 Å². The summed E-state index contributed by atoms with van der Waals surface area (Å²) in [6.07, 6.45) is 1.37. The van der Waals surface area contributed by atoms with E-state index in [-0.39, 0.29) is 0 Å². The van der Waals surface area contributed by atoms with E-state index in [2.05, 4.69) is 50.6 Å². The average molecular weight is 409 g/mol. The van der Waals surface area contributed by atoms with Crippen molar-refractivity contribution in [3.05, 3.63) is 58.7 Å². The van der Waals surface area contributed by atoms with Crippen LogP contribution in [0, 0.1) is 6.92 Å². The third-order valence-corrected chi connectivity index (χ3v) is 7.20.